The molecule has 2 heterocycles. The number of benzene rings is 1. The van der Waals surface area contributed by atoms with Gasteiger partial charge in [0.2, 0.25) is 5.91 Å². The van der Waals surface area contributed by atoms with Gasteiger partial charge in [0.05, 0.1) is 6.54 Å². The molecule has 0 spiro atoms. The number of nitrogens with zero attached hydrogens (tertiary/aromatic N) is 1. The van der Waals surface area contributed by atoms with Gasteiger partial charge in [-0.05, 0) is 30.5 Å². The van der Waals surface area contributed by atoms with Crippen molar-refractivity contribution in [2.24, 2.45) is 0 Å². The van der Waals surface area contributed by atoms with Gasteiger partial charge in [0.25, 0.3) is 5.91 Å². The lowest BCUT2D eigenvalue weighted by atomic mass is 9.92. The van der Waals surface area contributed by atoms with Gasteiger partial charge in [0.1, 0.15) is 17.9 Å². The average molecular weight is 439 g/mol. The summed E-state index contributed by atoms with van der Waals surface area (Å²) in [5, 5.41) is 8.83. The Morgan fingerprint density at radius 1 is 1.31 bits per heavy atom. The van der Waals surface area contributed by atoms with Gasteiger partial charge in [-0.25, -0.2) is 14.0 Å². The number of halogens is 2. The monoisotopic (exact) mass is 438 g/mol. The van der Waals surface area contributed by atoms with Crippen LogP contribution in [-0.4, -0.2) is 35.3 Å². The van der Waals surface area contributed by atoms with E-state index in [1.807, 2.05) is 17.5 Å². The van der Waals surface area contributed by atoms with E-state index in [1.165, 1.54) is 24.3 Å². The van der Waals surface area contributed by atoms with E-state index in [0.717, 1.165) is 17.0 Å². The maximum Gasteiger partial charge on any atom is 0.325 e. The van der Waals surface area contributed by atoms with E-state index in [9.17, 15) is 23.6 Å². The van der Waals surface area contributed by atoms with Crippen LogP contribution in [0.4, 0.5) is 14.0 Å². The van der Waals surface area contributed by atoms with E-state index < -0.39 is 41.8 Å². The minimum Gasteiger partial charge on any atom is -0.333 e. The normalized spacial score (nSPS) is 18.5. The molecule has 29 heavy (non-hydrogen) atoms. The van der Waals surface area contributed by atoms with E-state index in [0.29, 0.717) is 4.90 Å². The Morgan fingerprint density at radius 3 is 2.72 bits per heavy atom. The highest BCUT2D eigenvalue weighted by Gasteiger charge is 2.50. The Morgan fingerprint density at radius 2 is 2.07 bits per heavy atom. The van der Waals surface area contributed by atoms with Crippen molar-refractivity contribution in [2.45, 2.75) is 19.0 Å². The molecule has 6 amide bonds. The third kappa shape index (κ3) is 4.38. The van der Waals surface area contributed by atoms with Gasteiger partial charge in [0.15, 0.2) is 0 Å². The Hall–Kier alpha value is -2.98. The highest BCUT2D eigenvalue weighted by atomic mass is 35.5. The molecule has 1 atom stereocenters. The van der Waals surface area contributed by atoms with E-state index in [2.05, 4.69) is 16.0 Å². The molecule has 0 saturated carbocycles. The summed E-state index contributed by atoms with van der Waals surface area (Å²) >= 11 is 7.46. The standard InChI is InChI=1S/C18H16ClFN4O4S/c1-18(12-5-4-10(20)7-13(12)19)15(26)24(17(28)23-18)9-14(25)22-16(27)21-8-11-3-2-6-29-11/h2-7H,8-9H2,1H3,(H,23,28)(H2,21,22,25,27). The van der Waals surface area contributed by atoms with Crippen LogP contribution in [0.15, 0.2) is 35.7 Å². The molecule has 0 aliphatic carbocycles. The van der Waals surface area contributed by atoms with Crippen molar-refractivity contribution in [1.29, 1.82) is 0 Å². The third-order valence-corrected chi connectivity index (χ3v) is 5.49. The number of amides is 6. The average Bonchev–Trinajstić information content (AvgIpc) is 3.23. The molecule has 1 unspecified atom stereocenters. The molecule has 1 fully saturated rings. The highest BCUT2D eigenvalue weighted by Crippen LogP contribution is 2.33. The van der Waals surface area contributed by atoms with Crippen LogP contribution in [-0.2, 0) is 21.7 Å². The van der Waals surface area contributed by atoms with E-state index in [1.54, 1.807) is 0 Å². The zero-order chi connectivity index (χ0) is 21.2. The summed E-state index contributed by atoms with van der Waals surface area (Å²) in [5.74, 6) is -2.18. The SMILES string of the molecule is CC1(c2ccc(F)cc2Cl)NC(=O)N(CC(=O)NC(=O)NCc2cccs2)C1=O. The Balaban J connectivity index is 1.63. The first-order valence-corrected chi connectivity index (χ1v) is 9.66. The molecule has 11 heteroatoms. The van der Waals surface area contributed by atoms with E-state index in [-0.39, 0.29) is 17.1 Å². The summed E-state index contributed by atoms with van der Waals surface area (Å²) < 4.78 is 13.3. The first-order chi connectivity index (χ1) is 13.7. The minimum absolute atomic E-state index is 0.0413. The van der Waals surface area contributed by atoms with Gasteiger partial charge in [-0.2, -0.15) is 0 Å². The molecular weight excluding hydrogens is 423 g/mol. The third-order valence-electron chi connectivity index (χ3n) is 4.30. The van der Waals surface area contributed by atoms with Crippen LogP contribution in [0.25, 0.3) is 0 Å². The molecule has 1 aliphatic rings. The predicted octanol–water partition coefficient (Wildman–Crippen LogP) is 2.33. The van der Waals surface area contributed by atoms with Gasteiger partial charge < -0.3 is 10.6 Å². The van der Waals surface area contributed by atoms with Crippen LogP contribution < -0.4 is 16.0 Å². The van der Waals surface area contributed by atoms with Crippen LogP contribution in [0.2, 0.25) is 5.02 Å². The molecule has 1 saturated heterocycles. The van der Waals surface area contributed by atoms with Crippen molar-refractivity contribution in [3.8, 4) is 0 Å². The van der Waals surface area contributed by atoms with Crippen molar-refractivity contribution < 1.29 is 23.6 Å². The number of urea groups is 2. The fourth-order valence-electron chi connectivity index (χ4n) is 2.85. The molecule has 3 N–H and O–H groups in total. The number of carbonyl (C=O) groups excluding carboxylic acids is 4. The highest BCUT2D eigenvalue weighted by molar-refractivity contribution is 7.09. The Bertz CT molecular complexity index is 984. The molecule has 3 rings (SSSR count). The molecular formula is C18H16ClFN4O4S. The lowest BCUT2D eigenvalue weighted by Gasteiger charge is -2.23. The molecule has 0 bridgehead atoms. The summed E-state index contributed by atoms with van der Waals surface area (Å²) in [5.41, 5.74) is -1.38. The summed E-state index contributed by atoms with van der Waals surface area (Å²) in [6.07, 6.45) is 0. The van der Waals surface area contributed by atoms with Crippen molar-refractivity contribution in [1.82, 2.24) is 20.9 Å². The number of thiophene rings is 1. The Kier molecular flexibility index (Phi) is 5.85. The molecule has 8 nitrogen and oxygen atoms in total. The van der Waals surface area contributed by atoms with Gasteiger partial charge >= 0.3 is 12.1 Å². The predicted molar refractivity (Wildman–Crippen MR) is 104 cm³/mol. The van der Waals surface area contributed by atoms with Crippen LogP contribution in [0, 0.1) is 5.82 Å². The second-order valence-electron chi connectivity index (χ2n) is 6.38. The molecule has 152 valence electrons. The molecule has 0 radical (unpaired) electrons. The number of hydrogen-bond acceptors (Lipinski definition) is 5. The summed E-state index contributed by atoms with van der Waals surface area (Å²) in [7, 11) is 0. The maximum atomic E-state index is 13.3. The molecule has 1 aromatic heterocycles. The molecule has 1 aliphatic heterocycles. The molecule has 2 aromatic rings. The molecule has 1 aromatic carbocycles. The fraction of sp³-hybridized carbons (Fsp3) is 0.222. The number of carbonyl (C=O) groups is 4. The fourth-order valence-corrected chi connectivity index (χ4v) is 3.85. The quantitative estimate of drug-likeness (QED) is 0.622. The van der Waals surface area contributed by atoms with E-state index >= 15 is 0 Å². The summed E-state index contributed by atoms with van der Waals surface area (Å²) in [6, 6.07) is 5.49. The summed E-state index contributed by atoms with van der Waals surface area (Å²) in [4.78, 5) is 50.5. The number of nitrogens with one attached hydrogen (secondary N) is 3. The number of rotatable bonds is 5. The lowest BCUT2D eigenvalue weighted by Crippen LogP contribution is -2.46. The Labute approximate surface area is 174 Å². The first-order valence-electron chi connectivity index (χ1n) is 8.40. The number of hydrogen-bond donors (Lipinski definition) is 3. The van der Waals surface area contributed by atoms with Gasteiger partial charge in [-0.15, -0.1) is 11.3 Å². The van der Waals surface area contributed by atoms with E-state index in [4.69, 9.17) is 11.6 Å². The van der Waals surface area contributed by atoms with Crippen molar-refractivity contribution in [2.75, 3.05) is 6.54 Å². The largest absolute Gasteiger partial charge is 0.333 e. The van der Waals surface area contributed by atoms with Crippen LogP contribution in [0.3, 0.4) is 0 Å². The van der Waals surface area contributed by atoms with Crippen LogP contribution in [0.5, 0.6) is 0 Å². The van der Waals surface area contributed by atoms with Crippen molar-refractivity contribution in [3.05, 3.63) is 57.0 Å². The van der Waals surface area contributed by atoms with Gasteiger partial charge in [-0.1, -0.05) is 23.7 Å². The zero-order valence-corrected chi connectivity index (χ0v) is 16.7. The first kappa shape index (κ1) is 20.7. The topological polar surface area (TPSA) is 108 Å². The van der Waals surface area contributed by atoms with Crippen molar-refractivity contribution >= 4 is 46.8 Å². The second-order valence-corrected chi connectivity index (χ2v) is 7.82. The van der Waals surface area contributed by atoms with Gasteiger partial charge in [0, 0.05) is 15.5 Å². The van der Waals surface area contributed by atoms with Crippen molar-refractivity contribution in [3.63, 3.8) is 0 Å². The smallest absolute Gasteiger partial charge is 0.325 e. The zero-order valence-electron chi connectivity index (χ0n) is 15.1. The summed E-state index contributed by atoms with van der Waals surface area (Å²) in [6.45, 7) is 0.977. The maximum absolute atomic E-state index is 13.3. The minimum atomic E-state index is -1.57. The van der Waals surface area contributed by atoms with Gasteiger partial charge in [-0.3, -0.25) is 19.8 Å². The second kappa shape index (κ2) is 8.18. The lowest BCUT2D eigenvalue weighted by molar-refractivity contribution is -0.134. The van der Waals surface area contributed by atoms with Crippen LogP contribution >= 0.6 is 22.9 Å². The van der Waals surface area contributed by atoms with Crippen LogP contribution in [0.1, 0.15) is 17.4 Å². The number of imide groups is 2.